The molecule has 1 aliphatic heterocycles. The lowest BCUT2D eigenvalue weighted by Gasteiger charge is -2.32. The van der Waals surface area contributed by atoms with Gasteiger partial charge in [0.05, 0.1) is 126 Å². The van der Waals surface area contributed by atoms with Crippen LogP contribution in [0, 0.1) is 83.1 Å². The van der Waals surface area contributed by atoms with Crippen molar-refractivity contribution in [2.24, 2.45) is 0 Å². The van der Waals surface area contributed by atoms with Gasteiger partial charge in [0.1, 0.15) is 23.0 Å². The molecule has 0 unspecified atom stereocenters. The molecule has 8 aromatic rings. The number of aryl methyl sites for hydroxylation is 8. The number of rotatable bonds is 28. The number of H-pyrrole nitrogens is 4. The average Bonchev–Trinajstić information content (AvgIpc) is 1.50. The molecule has 0 fully saturated rings. The van der Waals surface area contributed by atoms with Gasteiger partial charge in [0.25, 0.3) is 0 Å². The van der Waals surface area contributed by atoms with Gasteiger partial charge in [-0.25, -0.2) is 33.7 Å². The number of nitrogens with zero attached hydrogens (tertiary/aromatic N) is 4. The molecule has 16 nitrogen and oxygen atoms in total. The number of benzene rings is 4. The standard InChI is InChI=1S/C84H120N8O8S4/c1-25-89(21,26-2)41-45-101(93,94)81-57(13)49-53(9)73(61(81)17)77-65-33-35-67(85-65)78(74-54(10)50-58(14)82(62(74)18)102(95,96)46-42-90(22,27-3)28-4)69-37-39-71(87-69)80(76-56(12)52-60(16)84(64(76)20)104(99,100)48-44-92(24,31-7)32-8)72-40-38-70(88-72)79(68-36-34-66(77)86-68)75-55(11)51-59(15)83(63(75)19)103(97,98)47-43-91(23,29-5)30-6/h33-40,49-52,85-88H,25-32,41-48H2,1-24H3/q+4/b77-65+,77-66?,78-67+,78-69?,79-68?,79-70+,80-71?,80-72+. The lowest BCUT2D eigenvalue weighted by Crippen LogP contribution is -2.46. The van der Waals surface area contributed by atoms with E-state index in [-0.39, 0.29) is 42.6 Å². The van der Waals surface area contributed by atoms with Gasteiger partial charge in [-0.3, -0.25) is 0 Å². The Bertz CT molecular complexity index is 4760. The second-order valence-electron chi connectivity index (χ2n) is 31.2. The van der Waals surface area contributed by atoms with E-state index in [1.165, 1.54) is 0 Å². The second-order valence-corrected chi connectivity index (χ2v) is 39.4. The van der Waals surface area contributed by atoms with E-state index in [4.69, 9.17) is 0 Å². The summed E-state index contributed by atoms with van der Waals surface area (Å²) in [6.45, 7) is 47.9. The molecule has 0 atom stereocenters. The van der Waals surface area contributed by atoms with Crippen LogP contribution in [-0.4, -0.2) is 201 Å². The van der Waals surface area contributed by atoms with E-state index >= 15 is 33.7 Å². The molecule has 4 N–H and O–H groups in total. The maximum atomic E-state index is 15.3. The van der Waals surface area contributed by atoms with Gasteiger partial charge in [-0.15, -0.1) is 0 Å². The van der Waals surface area contributed by atoms with Gasteiger partial charge < -0.3 is 37.9 Å². The molecule has 0 spiro atoms. The van der Waals surface area contributed by atoms with E-state index in [1.807, 2.05) is 156 Å². The average molecular weight is 1500 g/mol. The number of hydrogen-bond donors (Lipinski definition) is 4. The maximum absolute atomic E-state index is 15.3. The first-order valence-electron chi connectivity index (χ1n) is 37.5. The van der Waals surface area contributed by atoms with E-state index in [2.05, 4.69) is 104 Å². The van der Waals surface area contributed by atoms with Gasteiger partial charge in [-0.1, -0.05) is 24.3 Å². The highest BCUT2D eigenvalue weighted by molar-refractivity contribution is 7.92. The van der Waals surface area contributed by atoms with Crippen molar-refractivity contribution in [3.63, 3.8) is 0 Å². The first-order chi connectivity index (χ1) is 48.5. The fourth-order valence-electron chi connectivity index (χ4n) is 16.5. The minimum atomic E-state index is -3.90. The molecule has 564 valence electrons. The predicted octanol–water partition coefficient (Wildman–Crippen LogP) is 11.0. The third kappa shape index (κ3) is 15.5. The zero-order valence-corrected chi connectivity index (χ0v) is 70.2. The lowest BCUT2D eigenvalue weighted by atomic mass is 9.91. The van der Waals surface area contributed by atoms with Crippen LogP contribution in [0.15, 0.2) is 92.4 Å². The summed E-state index contributed by atoms with van der Waals surface area (Å²) in [6.07, 6.45) is 0. The molecule has 20 heteroatoms. The molecule has 8 bridgehead atoms. The highest BCUT2D eigenvalue weighted by Crippen LogP contribution is 2.41. The second kappa shape index (κ2) is 30.4. The summed E-state index contributed by atoms with van der Waals surface area (Å²) >= 11 is 0. The summed E-state index contributed by atoms with van der Waals surface area (Å²) in [5.41, 5.74) is 16.5. The van der Waals surface area contributed by atoms with Crippen molar-refractivity contribution in [3.8, 4) is 0 Å². The van der Waals surface area contributed by atoms with Crippen molar-refractivity contribution in [2.45, 2.75) is 158 Å². The van der Waals surface area contributed by atoms with Crippen molar-refractivity contribution in [1.29, 1.82) is 0 Å². The Morgan fingerprint density at radius 1 is 0.260 bits per heavy atom. The Morgan fingerprint density at radius 2 is 0.433 bits per heavy atom. The van der Waals surface area contributed by atoms with Crippen molar-refractivity contribution in [2.75, 3.05) is 130 Å². The summed E-state index contributed by atoms with van der Waals surface area (Å²) in [6, 6.07) is 24.1. The van der Waals surface area contributed by atoms with Crippen molar-refractivity contribution in [1.82, 2.24) is 19.9 Å². The summed E-state index contributed by atoms with van der Waals surface area (Å²) in [7, 11) is -7.21. The van der Waals surface area contributed by atoms with Gasteiger partial charge in [-0.2, -0.15) is 0 Å². The third-order valence-corrected chi connectivity index (χ3v) is 32.3. The number of fused-ring (bicyclic) bond motifs is 8. The molecule has 4 aromatic heterocycles. The van der Waals surface area contributed by atoms with Gasteiger partial charge in [0, 0.05) is 66.5 Å². The zero-order valence-electron chi connectivity index (χ0n) is 66.9. The van der Waals surface area contributed by atoms with Crippen LogP contribution >= 0.6 is 0 Å². The van der Waals surface area contributed by atoms with Gasteiger partial charge in [-0.05, 0) is 276 Å². The lowest BCUT2D eigenvalue weighted by molar-refractivity contribution is -0.903. The quantitative estimate of drug-likeness (QED) is 0.0347. The molecule has 0 saturated heterocycles. The normalized spacial score (nSPS) is 15.9. The molecule has 0 amide bonds. The number of aromatic nitrogens is 4. The Balaban J connectivity index is 1.51. The monoisotopic (exact) mass is 1500 g/mol. The first-order valence-corrected chi connectivity index (χ1v) is 44.1. The van der Waals surface area contributed by atoms with Crippen molar-refractivity contribution in [3.05, 3.63) is 206 Å². The van der Waals surface area contributed by atoms with Crippen LogP contribution in [0.2, 0.25) is 0 Å². The topological polar surface area (TPSA) is 200 Å². The number of sulfone groups is 4. The Morgan fingerprint density at radius 3 is 0.596 bits per heavy atom. The number of aromatic amines is 4. The predicted molar refractivity (Wildman–Crippen MR) is 427 cm³/mol. The number of hydrogen-bond acceptors (Lipinski definition) is 8. The van der Waals surface area contributed by atoms with E-state index in [9.17, 15) is 0 Å². The fraction of sp³-hybridized carbons (Fsp3) is 0.476. The summed E-state index contributed by atoms with van der Waals surface area (Å²) < 4.78 is 124. The molecule has 5 heterocycles. The highest BCUT2D eigenvalue weighted by atomic mass is 32.2. The van der Waals surface area contributed by atoms with Crippen molar-refractivity contribution >= 4 is 61.6 Å². The van der Waals surface area contributed by atoms with E-state index < -0.39 is 39.3 Å². The first kappa shape index (κ1) is 81.2. The van der Waals surface area contributed by atoms with Crippen LogP contribution < -0.4 is 21.4 Å². The highest BCUT2D eigenvalue weighted by Gasteiger charge is 2.35. The largest absolute Gasteiger partial charge is 0.354 e. The smallest absolute Gasteiger partial charge is 0.184 e. The zero-order chi connectivity index (χ0) is 77.1. The molecule has 0 saturated carbocycles. The Kier molecular flexibility index (Phi) is 23.7. The van der Waals surface area contributed by atoms with Crippen LogP contribution in [-0.2, 0) is 39.3 Å². The van der Waals surface area contributed by atoms with Gasteiger partial charge >= 0.3 is 0 Å². The van der Waals surface area contributed by atoms with Crippen molar-refractivity contribution < 1.29 is 51.6 Å². The Hall–Kier alpha value is -6.88. The molecule has 1 aliphatic rings. The SMILES string of the molecule is CC[N+](C)(CC)CCS(=O)(=O)c1c(C)cc(C)c(/C2=c3\cc/c([nH]3)=C(\c3c(C)cc(C)c(S(=O)(=O)CC[N+](C)(CC)CC)c3C)c3ccc([nH]3)/C(c3c(C)cc(C)c(S(=O)(=O)CC[N+](C)(CC)CC)c3C)=c3/cc/c([nH]3)=C(\c3c(C)cc(C)c(S(=O)(=O)CC[N+](C)(CC)CC)c3C)c3ccc2[nH]3)c1C. The van der Waals surface area contributed by atoms with Crippen LogP contribution in [0.1, 0.15) is 167 Å². The minimum Gasteiger partial charge on any atom is -0.354 e. The van der Waals surface area contributed by atoms with E-state index in [0.717, 1.165) is 74.6 Å². The molecule has 4 aromatic carbocycles. The maximum Gasteiger partial charge on any atom is 0.184 e. The molecular formula is C84H120N8O8S4+4. The number of nitrogens with one attached hydrogen (secondary N) is 4. The third-order valence-electron chi connectivity index (χ3n) is 24.5. The Labute approximate surface area is 622 Å². The number of quaternary nitrogens is 4. The molecule has 0 radical (unpaired) electrons. The van der Waals surface area contributed by atoms with Crippen LogP contribution in [0.4, 0.5) is 0 Å². The van der Waals surface area contributed by atoms with E-state index in [1.54, 1.807) is 0 Å². The summed E-state index contributed by atoms with van der Waals surface area (Å²) in [4.78, 5) is 16.9. The fourth-order valence-corrected chi connectivity index (χ4v) is 24.5. The van der Waals surface area contributed by atoms with Crippen LogP contribution in [0.3, 0.4) is 0 Å². The molecule has 104 heavy (non-hydrogen) atoms. The van der Waals surface area contributed by atoms with Gasteiger partial charge in [0.2, 0.25) is 0 Å². The van der Waals surface area contributed by atoms with Gasteiger partial charge in [0.15, 0.2) is 39.3 Å². The molecule has 9 rings (SSSR count). The summed E-state index contributed by atoms with van der Waals surface area (Å²) in [5.74, 6) is -0.216. The molecule has 0 aliphatic carbocycles. The van der Waals surface area contributed by atoms with E-state index in [0.29, 0.717) is 177 Å². The summed E-state index contributed by atoms with van der Waals surface area (Å²) in [5, 5.41) is 2.57. The molecular weight excluding hydrogens is 1380 g/mol. The minimum absolute atomic E-state index is 0.0539. The van der Waals surface area contributed by atoms with Crippen LogP contribution in [0.5, 0.6) is 0 Å². The van der Waals surface area contributed by atoms with Crippen LogP contribution in [0.25, 0.3) is 22.3 Å².